The summed E-state index contributed by atoms with van der Waals surface area (Å²) in [6.07, 6.45) is -1.11. The predicted molar refractivity (Wildman–Crippen MR) is 124 cm³/mol. The second-order valence-corrected chi connectivity index (χ2v) is 7.79. The van der Waals surface area contributed by atoms with Gasteiger partial charge in [-0.2, -0.15) is 0 Å². The predicted octanol–water partition coefficient (Wildman–Crippen LogP) is 4.14. The summed E-state index contributed by atoms with van der Waals surface area (Å²) in [4.78, 5) is 27.4. The molecule has 0 saturated heterocycles. The summed E-state index contributed by atoms with van der Waals surface area (Å²) < 4.78 is 0. The first kappa shape index (κ1) is 21.5. The van der Waals surface area contributed by atoms with Crippen molar-refractivity contribution in [2.75, 3.05) is 17.2 Å². The summed E-state index contributed by atoms with van der Waals surface area (Å²) in [5.74, 6) is -0.562. The minimum absolute atomic E-state index is 0.0226. The van der Waals surface area contributed by atoms with Crippen molar-refractivity contribution in [3.8, 4) is 0 Å². The number of anilines is 2. The second kappa shape index (κ2) is 8.78. The van der Waals surface area contributed by atoms with Gasteiger partial charge in [-0.15, -0.1) is 0 Å². The van der Waals surface area contributed by atoms with E-state index in [2.05, 4.69) is 10.6 Å². The summed E-state index contributed by atoms with van der Waals surface area (Å²) >= 11 is 0. The third-order valence-electron chi connectivity index (χ3n) is 5.58. The van der Waals surface area contributed by atoms with Gasteiger partial charge in [-0.3, -0.25) is 9.59 Å². The van der Waals surface area contributed by atoms with Crippen molar-refractivity contribution >= 4 is 22.9 Å². The van der Waals surface area contributed by atoms with Crippen molar-refractivity contribution in [2.45, 2.75) is 20.0 Å². The van der Waals surface area contributed by atoms with E-state index in [1.165, 1.54) is 0 Å². The van der Waals surface area contributed by atoms with Crippen LogP contribution in [0.25, 0.3) is 0 Å². The molecular formula is C26H24N2O4. The molecule has 162 valence electrons. The molecule has 1 aliphatic rings. The van der Waals surface area contributed by atoms with E-state index >= 15 is 0 Å². The lowest BCUT2D eigenvalue weighted by atomic mass is 9.90. The molecule has 3 aromatic carbocycles. The topological polar surface area (TPSA) is 98.7 Å². The Morgan fingerprint density at radius 3 is 2.16 bits per heavy atom. The van der Waals surface area contributed by atoms with Crippen molar-refractivity contribution in [1.29, 1.82) is 0 Å². The third kappa shape index (κ3) is 3.93. The van der Waals surface area contributed by atoms with Crippen molar-refractivity contribution < 1.29 is 19.8 Å². The summed E-state index contributed by atoms with van der Waals surface area (Å²) in [5, 5.41) is 25.8. The molecule has 0 aromatic heterocycles. The minimum atomic E-state index is -1.11. The fourth-order valence-corrected chi connectivity index (χ4v) is 3.88. The van der Waals surface area contributed by atoms with Crippen LogP contribution in [0.2, 0.25) is 0 Å². The van der Waals surface area contributed by atoms with Gasteiger partial charge in [-0.05, 0) is 43.2 Å². The molecule has 0 bridgehead atoms. The van der Waals surface area contributed by atoms with Gasteiger partial charge in [0.1, 0.15) is 17.5 Å². The first-order valence-corrected chi connectivity index (χ1v) is 10.3. The van der Waals surface area contributed by atoms with E-state index in [0.717, 1.165) is 16.9 Å². The highest BCUT2D eigenvalue weighted by atomic mass is 16.3. The summed E-state index contributed by atoms with van der Waals surface area (Å²) in [6, 6.07) is 19.5. The van der Waals surface area contributed by atoms with Gasteiger partial charge < -0.3 is 20.8 Å². The largest absolute Gasteiger partial charge is 0.393 e. The Balaban J connectivity index is 1.85. The SMILES string of the molecule is Cc1cccc(C(=O)C(C(=O)c2cccc([C@@H](O)CO)c2C)=C2Nc3ccccc3N2)c1. The Morgan fingerprint density at radius 1 is 0.875 bits per heavy atom. The lowest BCUT2D eigenvalue weighted by Gasteiger charge is -2.16. The van der Waals surface area contributed by atoms with E-state index in [4.69, 9.17) is 0 Å². The van der Waals surface area contributed by atoms with Crippen molar-refractivity contribution in [2.24, 2.45) is 0 Å². The monoisotopic (exact) mass is 428 g/mol. The molecule has 1 aliphatic heterocycles. The zero-order valence-corrected chi connectivity index (χ0v) is 17.8. The number of nitrogens with one attached hydrogen (secondary N) is 2. The van der Waals surface area contributed by atoms with Gasteiger partial charge in [0, 0.05) is 11.1 Å². The fraction of sp³-hybridized carbons (Fsp3) is 0.154. The Morgan fingerprint density at radius 2 is 1.53 bits per heavy atom. The highest BCUT2D eigenvalue weighted by Gasteiger charge is 2.30. The molecular weight excluding hydrogens is 404 g/mol. The quantitative estimate of drug-likeness (QED) is 0.204. The molecule has 3 aromatic rings. The molecule has 0 unspecified atom stereocenters. The first-order chi connectivity index (χ1) is 15.4. The average molecular weight is 428 g/mol. The number of aliphatic hydroxyl groups excluding tert-OH is 2. The maximum atomic E-state index is 13.8. The van der Waals surface area contributed by atoms with Crippen LogP contribution in [0.15, 0.2) is 78.1 Å². The Labute approximate surface area is 186 Å². The number of fused-ring (bicyclic) bond motifs is 1. The van der Waals surface area contributed by atoms with Crippen LogP contribution >= 0.6 is 0 Å². The fourth-order valence-electron chi connectivity index (χ4n) is 3.88. The van der Waals surface area contributed by atoms with Gasteiger partial charge in [0.05, 0.1) is 18.0 Å². The molecule has 1 heterocycles. The van der Waals surface area contributed by atoms with E-state index in [0.29, 0.717) is 22.5 Å². The molecule has 6 nitrogen and oxygen atoms in total. The van der Waals surface area contributed by atoms with Crippen molar-refractivity contribution in [1.82, 2.24) is 0 Å². The van der Waals surface area contributed by atoms with Crippen LogP contribution in [0.5, 0.6) is 0 Å². The molecule has 6 heteroatoms. The highest BCUT2D eigenvalue weighted by molar-refractivity contribution is 6.32. The summed E-state index contributed by atoms with van der Waals surface area (Å²) in [5.41, 5.74) is 4.09. The van der Waals surface area contributed by atoms with Gasteiger partial charge in [-0.1, -0.05) is 54.1 Å². The summed E-state index contributed by atoms with van der Waals surface area (Å²) in [6.45, 7) is 3.12. The van der Waals surface area contributed by atoms with Gasteiger partial charge in [0.2, 0.25) is 11.6 Å². The van der Waals surface area contributed by atoms with Crippen molar-refractivity contribution in [3.63, 3.8) is 0 Å². The third-order valence-corrected chi connectivity index (χ3v) is 5.58. The molecule has 4 N–H and O–H groups in total. The van der Waals surface area contributed by atoms with Crippen LogP contribution in [0, 0.1) is 13.8 Å². The molecule has 4 rings (SSSR count). The second-order valence-electron chi connectivity index (χ2n) is 7.79. The Bertz CT molecular complexity index is 1220. The zero-order chi connectivity index (χ0) is 22.8. The number of carbonyl (C=O) groups is 2. The number of carbonyl (C=O) groups excluding carboxylic acids is 2. The normalized spacial score (nSPS) is 13.1. The number of allylic oxidation sites excluding steroid dienone is 1. The van der Waals surface area contributed by atoms with E-state index in [1.54, 1.807) is 43.3 Å². The van der Waals surface area contributed by atoms with Gasteiger partial charge in [-0.25, -0.2) is 0 Å². The summed E-state index contributed by atoms with van der Waals surface area (Å²) in [7, 11) is 0. The van der Waals surface area contributed by atoms with Gasteiger partial charge in [0.15, 0.2) is 0 Å². The van der Waals surface area contributed by atoms with Crippen LogP contribution in [0.3, 0.4) is 0 Å². The number of ketones is 2. The van der Waals surface area contributed by atoms with Crippen LogP contribution in [0.1, 0.15) is 43.5 Å². The number of aryl methyl sites for hydroxylation is 1. The first-order valence-electron chi connectivity index (χ1n) is 10.3. The lowest BCUT2D eigenvalue weighted by Crippen LogP contribution is -2.22. The van der Waals surface area contributed by atoms with E-state index in [1.807, 2.05) is 37.3 Å². The maximum absolute atomic E-state index is 13.8. The van der Waals surface area contributed by atoms with Crippen molar-refractivity contribution in [3.05, 3.63) is 106 Å². The van der Waals surface area contributed by atoms with E-state index < -0.39 is 24.3 Å². The number of benzene rings is 3. The number of hydrogen-bond acceptors (Lipinski definition) is 6. The van der Waals surface area contributed by atoms with Crippen LogP contribution < -0.4 is 10.6 Å². The molecule has 0 saturated carbocycles. The maximum Gasteiger partial charge on any atom is 0.200 e. The Kier molecular flexibility index (Phi) is 5.90. The molecule has 0 spiro atoms. The molecule has 0 fully saturated rings. The van der Waals surface area contributed by atoms with E-state index in [9.17, 15) is 19.8 Å². The number of rotatable bonds is 6. The number of Topliss-reactive ketones (excluding diaryl/α,β-unsaturated/α-hetero) is 2. The highest BCUT2D eigenvalue weighted by Crippen LogP contribution is 2.33. The zero-order valence-electron chi connectivity index (χ0n) is 17.8. The molecule has 1 atom stereocenters. The minimum Gasteiger partial charge on any atom is -0.393 e. The standard InChI is InChI=1S/C26H24N2O4/c1-15-7-5-8-17(13-15)24(31)23(26-27-20-11-3-4-12-21(20)28-26)25(32)19-10-6-9-18(16(19)2)22(30)14-29/h3-13,22,27-30H,14H2,1-2H3/t22-/m0/s1. The number of para-hydroxylation sites is 2. The Hall–Kier alpha value is -3.74. The molecule has 0 amide bonds. The van der Waals surface area contributed by atoms with Crippen LogP contribution in [-0.2, 0) is 0 Å². The number of aliphatic hydroxyl groups is 2. The molecule has 32 heavy (non-hydrogen) atoms. The van der Waals surface area contributed by atoms with Crippen LogP contribution in [-0.4, -0.2) is 28.4 Å². The van der Waals surface area contributed by atoms with Gasteiger partial charge >= 0.3 is 0 Å². The van der Waals surface area contributed by atoms with Gasteiger partial charge in [0.25, 0.3) is 0 Å². The average Bonchev–Trinajstić information content (AvgIpc) is 3.22. The van der Waals surface area contributed by atoms with Crippen LogP contribution in [0.4, 0.5) is 11.4 Å². The molecule has 0 radical (unpaired) electrons. The lowest BCUT2D eigenvalue weighted by molar-refractivity contribution is 0.0941. The number of hydrogen-bond donors (Lipinski definition) is 4. The van der Waals surface area contributed by atoms with E-state index in [-0.39, 0.29) is 11.1 Å². The smallest absolute Gasteiger partial charge is 0.200 e. The molecule has 0 aliphatic carbocycles.